The summed E-state index contributed by atoms with van der Waals surface area (Å²) in [6, 6.07) is 19.1. The summed E-state index contributed by atoms with van der Waals surface area (Å²) in [5.41, 5.74) is 2.67. The maximum absolute atomic E-state index is 13.3. The number of fused-ring (bicyclic) bond motifs is 2. The molecule has 2 heterocycles. The van der Waals surface area contributed by atoms with Crippen LogP contribution in [0.4, 0.5) is 11.4 Å². The van der Waals surface area contributed by atoms with Crippen molar-refractivity contribution in [2.45, 2.75) is 25.8 Å². The number of hydrogen-bond donors (Lipinski definition) is 1. The van der Waals surface area contributed by atoms with Crippen molar-refractivity contribution in [3.8, 4) is 23.0 Å². The van der Waals surface area contributed by atoms with Crippen LogP contribution in [0.3, 0.4) is 0 Å². The van der Waals surface area contributed by atoms with E-state index in [1.165, 1.54) is 0 Å². The number of amides is 1. The van der Waals surface area contributed by atoms with Gasteiger partial charge in [0, 0.05) is 42.0 Å². The van der Waals surface area contributed by atoms with Gasteiger partial charge in [0.25, 0.3) is 0 Å². The molecule has 0 spiro atoms. The third kappa shape index (κ3) is 7.38. The molecular weight excluding hydrogens is 530 g/mol. The lowest BCUT2D eigenvalue weighted by molar-refractivity contribution is -0.117. The third-order valence-corrected chi connectivity index (χ3v) is 7.30. The standard InChI is InChI=1S/C31H36ClN3O5/c1-37-30-20-25(35-14-17-38-18-15-35)11-9-23(30)21-34-13-5-2-6-16-39-28-7-3-4-8-29(28)40-27-12-10-24(32)19-26(27)33-31(36)22-34/h3-4,7-12,19-20H,2,5-6,13-18,21-22H2,1H3,(H,33,36). The fraction of sp³-hybridized carbons (Fsp3) is 0.387. The van der Waals surface area contributed by atoms with E-state index in [2.05, 4.69) is 33.3 Å². The smallest absolute Gasteiger partial charge is 0.238 e. The van der Waals surface area contributed by atoms with Crippen molar-refractivity contribution in [3.63, 3.8) is 0 Å². The Kier molecular flexibility index (Phi) is 9.65. The van der Waals surface area contributed by atoms with Crippen LogP contribution in [0.25, 0.3) is 0 Å². The fourth-order valence-electron chi connectivity index (χ4n) is 4.99. The lowest BCUT2D eigenvalue weighted by atomic mass is 10.1. The number of morpholine rings is 1. The van der Waals surface area contributed by atoms with E-state index in [0.717, 1.165) is 69.1 Å². The number of anilines is 2. The molecule has 0 unspecified atom stereocenters. The van der Waals surface area contributed by atoms with Crippen molar-refractivity contribution in [2.75, 3.05) is 63.3 Å². The van der Waals surface area contributed by atoms with Gasteiger partial charge in [0.15, 0.2) is 17.2 Å². The Hall–Kier alpha value is -3.46. The van der Waals surface area contributed by atoms with Crippen LogP contribution in [0.1, 0.15) is 24.8 Å². The van der Waals surface area contributed by atoms with Gasteiger partial charge >= 0.3 is 0 Å². The Morgan fingerprint density at radius 1 is 0.900 bits per heavy atom. The quantitative estimate of drug-likeness (QED) is 0.417. The van der Waals surface area contributed by atoms with E-state index in [-0.39, 0.29) is 12.5 Å². The van der Waals surface area contributed by atoms with E-state index in [9.17, 15) is 4.79 Å². The minimum Gasteiger partial charge on any atom is -0.496 e. The third-order valence-electron chi connectivity index (χ3n) is 7.07. The van der Waals surface area contributed by atoms with Crippen LogP contribution in [0.2, 0.25) is 5.02 Å². The number of methoxy groups -OCH3 is 1. The van der Waals surface area contributed by atoms with E-state index in [1.807, 2.05) is 24.3 Å². The summed E-state index contributed by atoms with van der Waals surface area (Å²) in [5, 5.41) is 3.52. The molecule has 212 valence electrons. The Balaban J connectivity index is 1.35. The highest BCUT2D eigenvalue weighted by Gasteiger charge is 2.19. The zero-order chi connectivity index (χ0) is 27.7. The second-order valence-corrected chi connectivity index (χ2v) is 10.4. The van der Waals surface area contributed by atoms with Crippen LogP contribution in [0.5, 0.6) is 23.0 Å². The van der Waals surface area contributed by atoms with Gasteiger partial charge < -0.3 is 29.2 Å². The molecule has 1 saturated heterocycles. The van der Waals surface area contributed by atoms with Crippen molar-refractivity contribution >= 4 is 28.9 Å². The predicted molar refractivity (Wildman–Crippen MR) is 157 cm³/mol. The van der Waals surface area contributed by atoms with Gasteiger partial charge in [-0.05, 0) is 62.2 Å². The Morgan fingerprint density at radius 3 is 2.55 bits per heavy atom. The van der Waals surface area contributed by atoms with Gasteiger partial charge in [-0.2, -0.15) is 0 Å². The van der Waals surface area contributed by atoms with Gasteiger partial charge in [-0.25, -0.2) is 0 Å². The first kappa shape index (κ1) is 28.1. The number of nitrogens with zero attached hydrogens (tertiary/aromatic N) is 2. The lowest BCUT2D eigenvalue weighted by Crippen LogP contribution is -2.36. The van der Waals surface area contributed by atoms with Crippen molar-refractivity contribution in [3.05, 3.63) is 71.2 Å². The molecule has 0 bridgehead atoms. The van der Waals surface area contributed by atoms with Crippen molar-refractivity contribution in [2.24, 2.45) is 0 Å². The van der Waals surface area contributed by atoms with E-state index in [0.29, 0.717) is 41.1 Å². The van der Waals surface area contributed by atoms with Crippen LogP contribution < -0.4 is 24.4 Å². The average Bonchev–Trinajstić information content (AvgIpc) is 2.97. The van der Waals surface area contributed by atoms with Gasteiger partial charge in [-0.3, -0.25) is 9.69 Å². The maximum Gasteiger partial charge on any atom is 0.238 e. The van der Waals surface area contributed by atoms with Crippen molar-refractivity contribution in [1.29, 1.82) is 0 Å². The number of ether oxygens (including phenoxy) is 4. The summed E-state index contributed by atoms with van der Waals surface area (Å²) >= 11 is 6.29. The average molecular weight is 566 g/mol. The zero-order valence-electron chi connectivity index (χ0n) is 22.9. The van der Waals surface area contributed by atoms with E-state index in [1.54, 1.807) is 25.3 Å². The number of carbonyl (C=O) groups is 1. The second kappa shape index (κ2) is 13.7. The number of benzene rings is 3. The number of para-hydroxylation sites is 2. The minimum absolute atomic E-state index is 0.143. The molecule has 5 rings (SSSR count). The summed E-state index contributed by atoms with van der Waals surface area (Å²) in [7, 11) is 1.69. The Morgan fingerprint density at radius 2 is 1.73 bits per heavy atom. The molecule has 2 aliphatic heterocycles. The summed E-state index contributed by atoms with van der Waals surface area (Å²) < 4.78 is 23.5. The van der Waals surface area contributed by atoms with Crippen LogP contribution in [0, 0.1) is 0 Å². The molecule has 0 aromatic heterocycles. The minimum atomic E-state index is -0.143. The maximum atomic E-state index is 13.3. The van der Waals surface area contributed by atoms with E-state index >= 15 is 0 Å². The largest absolute Gasteiger partial charge is 0.496 e. The summed E-state index contributed by atoms with van der Waals surface area (Å²) in [4.78, 5) is 17.8. The fourth-order valence-corrected chi connectivity index (χ4v) is 5.16. The second-order valence-electron chi connectivity index (χ2n) is 9.95. The molecule has 0 saturated carbocycles. The highest BCUT2D eigenvalue weighted by molar-refractivity contribution is 6.31. The summed E-state index contributed by atoms with van der Waals surface area (Å²) in [6.45, 7) is 5.32. The number of rotatable bonds is 4. The molecule has 1 fully saturated rings. The monoisotopic (exact) mass is 565 g/mol. The molecule has 1 amide bonds. The van der Waals surface area contributed by atoms with Gasteiger partial charge in [0.2, 0.25) is 5.91 Å². The molecule has 9 heteroatoms. The molecule has 40 heavy (non-hydrogen) atoms. The molecule has 8 nitrogen and oxygen atoms in total. The molecule has 2 aliphatic rings. The van der Waals surface area contributed by atoms with Crippen LogP contribution >= 0.6 is 11.6 Å². The Bertz CT molecular complexity index is 1300. The number of hydrogen-bond acceptors (Lipinski definition) is 7. The van der Waals surface area contributed by atoms with Crippen LogP contribution in [-0.4, -0.2) is 63.9 Å². The molecule has 0 radical (unpaired) electrons. The van der Waals surface area contributed by atoms with Gasteiger partial charge in [0.1, 0.15) is 5.75 Å². The van der Waals surface area contributed by atoms with Gasteiger partial charge in [-0.1, -0.05) is 29.8 Å². The van der Waals surface area contributed by atoms with E-state index < -0.39 is 0 Å². The van der Waals surface area contributed by atoms with E-state index in [4.69, 9.17) is 30.5 Å². The first-order chi connectivity index (χ1) is 19.6. The number of halogens is 1. The lowest BCUT2D eigenvalue weighted by Gasteiger charge is -2.30. The molecule has 0 atom stereocenters. The summed E-state index contributed by atoms with van der Waals surface area (Å²) in [6.07, 6.45) is 2.81. The summed E-state index contributed by atoms with van der Waals surface area (Å²) in [5.74, 6) is 2.42. The molecule has 1 N–H and O–H groups in total. The van der Waals surface area contributed by atoms with Crippen molar-refractivity contribution in [1.82, 2.24) is 4.90 Å². The van der Waals surface area contributed by atoms with Crippen LogP contribution in [0.15, 0.2) is 60.7 Å². The highest BCUT2D eigenvalue weighted by Crippen LogP contribution is 2.37. The normalized spacial score (nSPS) is 17.2. The molecule has 3 aromatic rings. The van der Waals surface area contributed by atoms with Crippen molar-refractivity contribution < 1.29 is 23.7 Å². The molecule has 3 aromatic carbocycles. The predicted octanol–water partition coefficient (Wildman–Crippen LogP) is 5.98. The molecule has 0 aliphatic carbocycles. The SMILES string of the molecule is COc1cc(N2CCOCC2)ccc1CN1CCCCCOc2ccccc2Oc2ccc(Cl)cc2NC(=O)C1. The number of carbonyl (C=O) groups excluding carboxylic acids is 1. The van der Waals surface area contributed by atoms with Gasteiger partial charge in [-0.15, -0.1) is 0 Å². The first-order valence-electron chi connectivity index (χ1n) is 13.8. The topological polar surface area (TPSA) is 72.5 Å². The Labute approximate surface area is 240 Å². The highest BCUT2D eigenvalue weighted by atomic mass is 35.5. The number of nitrogens with one attached hydrogen (secondary N) is 1. The first-order valence-corrected chi connectivity index (χ1v) is 14.2. The molecular formula is C31H36ClN3O5. The zero-order valence-corrected chi connectivity index (χ0v) is 23.6. The van der Waals surface area contributed by atoms with Crippen LogP contribution in [-0.2, 0) is 16.1 Å². The van der Waals surface area contributed by atoms with Gasteiger partial charge in [0.05, 0.1) is 39.2 Å².